The first kappa shape index (κ1) is 25.4. The summed E-state index contributed by atoms with van der Waals surface area (Å²) in [6.07, 6.45) is 2.72. The Hall–Kier alpha value is -2.25. The van der Waals surface area contributed by atoms with E-state index in [0.29, 0.717) is 12.3 Å². The third kappa shape index (κ3) is 6.64. The Morgan fingerprint density at radius 1 is 0.879 bits per heavy atom. The molecule has 0 unspecified atom stereocenters. The molecule has 184 valence electrons. The van der Waals surface area contributed by atoms with E-state index in [0.717, 1.165) is 38.5 Å². The smallest absolute Gasteiger partial charge is 0.490 e. The predicted octanol–water partition coefficient (Wildman–Crippen LogP) is 8.18. The molecule has 0 atom stereocenters. The summed E-state index contributed by atoms with van der Waals surface area (Å²) in [4.78, 5) is 0. The van der Waals surface area contributed by atoms with Crippen LogP contribution in [0.1, 0.15) is 65.2 Å². The van der Waals surface area contributed by atoms with Gasteiger partial charge in [-0.25, -0.2) is 4.39 Å². The molecular weight excluding hydrogens is 443 g/mol. The van der Waals surface area contributed by atoms with Gasteiger partial charge < -0.3 is 14.2 Å². The Morgan fingerprint density at radius 3 is 2.21 bits per heavy atom. The average molecular weight is 475 g/mol. The quantitative estimate of drug-likeness (QED) is 0.257. The molecule has 0 amide bonds. The summed E-state index contributed by atoms with van der Waals surface area (Å²) in [6.45, 7) is 4.43. The highest BCUT2D eigenvalue weighted by molar-refractivity contribution is 5.92. The summed E-state index contributed by atoms with van der Waals surface area (Å²) in [6, 6.07) is 3.87. The van der Waals surface area contributed by atoms with Gasteiger partial charge in [0.2, 0.25) is 5.82 Å². The van der Waals surface area contributed by atoms with Crippen LogP contribution in [0.2, 0.25) is 0 Å². The van der Waals surface area contributed by atoms with Crippen LogP contribution in [0.15, 0.2) is 18.2 Å². The molecule has 0 radical (unpaired) electrons. The van der Waals surface area contributed by atoms with Gasteiger partial charge in [-0.3, -0.25) is 0 Å². The monoisotopic (exact) mass is 474 g/mol. The number of benzene rings is 2. The van der Waals surface area contributed by atoms with Gasteiger partial charge in [0.25, 0.3) is 0 Å². The molecule has 33 heavy (non-hydrogen) atoms. The maximum absolute atomic E-state index is 15.0. The molecule has 8 heteroatoms. The number of alkyl halides is 3. The van der Waals surface area contributed by atoms with Crippen molar-refractivity contribution in [2.45, 2.75) is 71.6 Å². The number of halogens is 5. The molecule has 0 N–H and O–H groups in total. The first-order valence-corrected chi connectivity index (χ1v) is 11.7. The van der Waals surface area contributed by atoms with E-state index in [1.54, 1.807) is 0 Å². The number of rotatable bonds is 10. The van der Waals surface area contributed by atoms with E-state index in [1.165, 1.54) is 24.6 Å². The maximum Gasteiger partial charge on any atom is 0.573 e. The highest BCUT2D eigenvalue weighted by Crippen LogP contribution is 2.43. The highest BCUT2D eigenvalue weighted by Gasteiger charge is 2.35. The van der Waals surface area contributed by atoms with Gasteiger partial charge in [0.05, 0.1) is 18.6 Å². The zero-order chi connectivity index (χ0) is 24.0. The van der Waals surface area contributed by atoms with Crippen molar-refractivity contribution in [3.63, 3.8) is 0 Å². The lowest BCUT2D eigenvalue weighted by Gasteiger charge is -2.28. The summed E-state index contributed by atoms with van der Waals surface area (Å²) >= 11 is 0. The van der Waals surface area contributed by atoms with E-state index >= 15 is 4.39 Å². The molecule has 0 aliphatic heterocycles. The van der Waals surface area contributed by atoms with Crippen molar-refractivity contribution < 1.29 is 36.2 Å². The molecule has 0 saturated heterocycles. The van der Waals surface area contributed by atoms with Crippen LogP contribution in [0.25, 0.3) is 10.8 Å². The van der Waals surface area contributed by atoms with Crippen LogP contribution in [-0.4, -0.2) is 19.6 Å². The van der Waals surface area contributed by atoms with Gasteiger partial charge in [0.15, 0.2) is 23.1 Å². The minimum atomic E-state index is -5.09. The van der Waals surface area contributed by atoms with E-state index in [-0.39, 0.29) is 36.0 Å². The second-order valence-corrected chi connectivity index (χ2v) is 8.73. The third-order valence-electron chi connectivity index (χ3n) is 6.18. The molecule has 1 aliphatic carbocycles. The minimum absolute atomic E-state index is 0.0395. The summed E-state index contributed by atoms with van der Waals surface area (Å²) < 4.78 is 84.0. The predicted molar refractivity (Wildman–Crippen MR) is 117 cm³/mol. The lowest BCUT2D eigenvalue weighted by Crippen LogP contribution is -2.20. The van der Waals surface area contributed by atoms with Gasteiger partial charge >= 0.3 is 6.36 Å². The van der Waals surface area contributed by atoms with E-state index in [9.17, 15) is 17.6 Å². The fourth-order valence-corrected chi connectivity index (χ4v) is 4.41. The van der Waals surface area contributed by atoms with Crippen LogP contribution < -0.4 is 14.2 Å². The van der Waals surface area contributed by atoms with E-state index in [1.807, 2.05) is 6.92 Å². The zero-order valence-corrected chi connectivity index (χ0v) is 19.1. The molecule has 0 heterocycles. The van der Waals surface area contributed by atoms with Crippen LogP contribution in [0.5, 0.6) is 17.2 Å². The highest BCUT2D eigenvalue weighted by atomic mass is 19.4. The Kier molecular flexibility index (Phi) is 8.65. The molecule has 3 rings (SSSR count). The molecule has 3 nitrogen and oxygen atoms in total. The second-order valence-electron chi connectivity index (χ2n) is 8.73. The van der Waals surface area contributed by atoms with Gasteiger partial charge in [0, 0.05) is 0 Å². The molecule has 0 bridgehead atoms. The van der Waals surface area contributed by atoms with Crippen LogP contribution in [0, 0.1) is 23.5 Å². The SMILES string of the molecule is CCCCOc1ccc2cc(OCC3CCC(CCC)CC3)c(F)c(F)c2c1OC(F)(F)F. The van der Waals surface area contributed by atoms with Crippen LogP contribution in [-0.2, 0) is 0 Å². The van der Waals surface area contributed by atoms with Crippen LogP contribution in [0.4, 0.5) is 22.0 Å². The van der Waals surface area contributed by atoms with Crippen molar-refractivity contribution in [1.82, 2.24) is 0 Å². The summed E-state index contributed by atoms with van der Waals surface area (Å²) in [5.41, 5.74) is 0. The zero-order valence-electron chi connectivity index (χ0n) is 19.1. The lowest BCUT2D eigenvalue weighted by atomic mass is 9.80. The number of hydrogen-bond acceptors (Lipinski definition) is 3. The second kappa shape index (κ2) is 11.3. The molecule has 1 fully saturated rings. The molecule has 0 aromatic heterocycles. The summed E-state index contributed by atoms with van der Waals surface area (Å²) in [5.74, 6) is -3.31. The number of hydrogen-bond donors (Lipinski definition) is 0. The summed E-state index contributed by atoms with van der Waals surface area (Å²) in [5, 5.41) is -0.580. The Balaban J connectivity index is 1.84. The van der Waals surface area contributed by atoms with E-state index in [2.05, 4.69) is 11.7 Å². The van der Waals surface area contributed by atoms with Crippen molar-refractivity contribution in [1.29, 1.82) is 0 Å². The fourth-order valence-electron chi connectivity index (χ4n) is 4.41. The maximum atomic E-state index is 15.0. The molecule has 1 saturated carbocycles. The molecule has 1 aliphatic rings. The lowest BCUT2D eigenvalue weighted by molar-refractivity contribution is -0.274. The first-order chi connectivity index (χ1) is 15.7. The van der Waals surface area contributed by atoms with Gasteiger partial charge in [0.1, 0.15) is 0 Å². The van der Waals surface area contributed by atoms with Gasteiger partial charge in [-0.15, -0.1) is 13.2 Å². The molecule has 2 aromatic carbocycles. The van der Waals surface area contributed by atoms with E-state index in [4.69, 9.17) is 9.47 Å². The first-order valence-electron chi connectivity index (χ1n) is 11.7. The van der Waals surface area contributed by atoms with Crippen molar-refractivity contribution in [3.05, 3.63) is 29.8 Å². The third-order valence-corrected chi connectivity index (χ3v) is 6.18. The number of fused-ring (bicyclic) bond motifs is 1. The van der Waals surface area contributed by atoms with E-state index < -0.39 is 29.1 Å². The van der Waals surface area contributed by atoms with Gasteiger partial charge in [-0.05, 0) is 48.6 Å². The largest absolute Gasteiger partial charge is 0.573 e. The normalized spacial score (nSPS) is 19.0. The Bertz CT molecular complexity index is 921. The standard InChI is InChI=1S/C25H31F5O3/c1-3-5-13-31-19-12-11-18-14-20(32-15-17-9-7-16(6-4-2)8-10-17)22(26)23(27)21(18)24(19)33-25(28,29)30/h11-12,14,16-17H,3-10,13,15H2,1-2H3. The van der Waals surface area contributed by atoms with Crippen molar-refractivity contribution in [2.24, 2.45) is 11.8 Å². The number of ether oxygens (including phenoxy) is 3. The molecular formula is C25H31F5O3. The Labute approximate surface area is 191 Å². The van der Waals surface area contributed by atoms with Crippen molar-refractivity contribution >= 4 is 10.8 Å². The van der Waals surface area contributed by atoms with Crippen molar-refractivity contribution in [2.75, 3.05) is 13.2 Å². The van der Waals surface area contributed by atoms with Gasteiger partial charge in [-0.2, -0.15) is 4.39 Å². The van der Waals surface area contributed by atoms with Crippen LogP contribution in [0.3, 0.4) is 0 Å². The average Bonchev–Trinajstić information content (AvgIpc) is 2.76. The van der Waals surface area contributed by atoms with Crippen LogP contribution >= 0.6 is 0 Å². The Morgan fingerprint density at radius 2 is 1.58 bits per heavy atom. The molecule has 2 aromatic rings. The fraction of sp³-hybridized carbons (Fsp3) is 0.600. The minimum Gasteiger partial charge on any atom is -0.490 e. The number of unbranched alkanes of at least 4 members (excludes halogenated alkanes) is 1. The molecule has 0 spiro atoms. The topological polar surface area (TPSA) is 27.7 Å². The summed E-state index contributed by atoms with van der Waals surface area (Å²) in [7, 11) is 0. The van der Waals surface area contributed by atoms with Gasteiger partial charge in [-0.1, -0.05) is 52.0 Å². The van der Waals surface area contributed by atoms with Crippen molar-refractivity contribution in [3.8, 4) is 17.2 Å².